The summed E-state index contributed by atoms with van der Waals surface area (Å²) in [6.45, 7) is 0. The molecule has 116 valence electrons. The van der Waals surface area contributed by atoms with E-state index in [2.05, 4.69) is 10.3 Å². The van der Waals surface area contributed by atoms with Crippen molar-refractivity contribution in [3.63, 3.8) is 0 Å². The van der Waals surface area contributed by atoms with E-state index in [0.29, 0.717) is 11.9 Å². The van der Waals surface area contributed by atoms with Crippen LogP contribution in [0.25, 0.3) is 0 Å². The molecule has 0 spiro atoms. The molecule has 0 radical (unpaired) electrons. The molecule has 0 aliphatic heterocycles. The van der Waals surface area contributed by atoms with Crippen LogP contribution in [0, 0.1) is 0 Å². The number of carbonyl (C=O) groups is 1. The third-order valence-corrected chi connectivity index (χ3v) is 2.77. The van der Waals surface area contributed by atoms with Crippen LogP contribution < -0.4 is 15.8 Å². The summed E-state index contributed by atoms with van der Waals surface area (Å²) >= 11 is 5.94. The van der Waals surface area contributed by atoms with Gasteiger partial charge in [-0.1, -0.05) is 11.6 Å². The summed E-state index contributed by atoms with van der Waals surface area (Å²) < 4.78 is 42.5. The first kappa shape index (κ1) is 15.9. The number of halogens is 4. The van der Waals surface area contributed by atoms with Crippen LogP contribution in [0.1, 0.15) is 5.56 Å². The molecule has 9 heteroatoms. The van der Waals surface area contributed by atoms with E-state index in [-0.39, 0.29) is 16.7 Å². The Hall–Kier alpha value is -2.48. The summed E-state index contributed by atoms with van der Waals surface area (Å²) in [7, 11) is 0. The number of urea groups is 1. The van der Waals surface area contributed by atoms with Gasteiger partial charge in [0, 0.05) is 18.0 Å². The van der Waals surface area contributed by atoms with Gasteiger partial charge in [0.05, 0.1) is 10.6 Å². The number of pyridine rings is 1. The Bertz CT molecular complexity index is 690. The molecule has 0 aliphatic carbocycles. The second-order valence-corrected chi connectivity index (χ2v) is 4.53. The topological polar surface area (TPSA) is 77.2 Å². The van der Waals surface area contributed by atoms with Crippen LogP contribution in [0.3, 0.4) is 0 Å². The van der Waals surface area contributed by atoms with Crippen molar-refractivity contribution >= 4 is 23.3 Å². The maximum absolute atomic E-state index is 12.4. The molecule has 0 bridgehead atoms. The number of primary amides is 1. The predicted molar refractivity (Wildman–Crippen MR) is 74.0 cm³/mol. The molecule has 1 aromatic heterocycles. The number of alkyl halides is 3. The normalized spacial score (nSPS) is 11.1. The van der Waals surface area contributed by atoms with Crippen LogP contribution in [-0.2, 0) is 6.18 Å². The van der Waals surface area contributed by atoms with Crippen molar-refractivity contribution in [2.24, 2.45) is 5.73 Å². The first-order valence-corrected chi connectivity index (χ1v) is 6.20. The Balaban J connectivity index is 2.15. The van der Waals surface area contributed by atoms with Crippen LogP contribution >= 0.6 is 11.6 Å². The molecule has 22 heavy (non-hydrogen) atoms. The molecule has 0 saturated carbocycles. The summed E-state index contributed by atoms with van der Waals surface area (Å²) in [4.78, 5) is 14.3. The van der Waals surface area contributed by atoms with Gasteiger partial charge < -0.3 is 15.8 Å². The molecule has 5 nitrogen and oxygen atoms in total. The number of hydrogen-bond donors (Lipinski definition) is 2. The number of nitrogens with zero attached hydrogens (tertiary/aromatic N) is 1. The number of carbonyl (C=O) groups excluding carboxylic acids is 1. The lowest BCUT2D eigenvalue weighted by molar-refractivity contribution is -0.137. The fourth-order valence-corrected chi connectivity index (χ4v) is 1.74. The van der Waals surface area contributed by atoms with Crippen LogP contribution in [-0.4, -0.2) is 11.0 Å². The van der Waals surface area contributed by atoms with Crippen molar-refractivity contribution in [3.8, 4) is 11.6 Å². The van der Waals surface area contributed by atoms with Gasteiger partial charge in [0.2, 0.25) is 5.88 Å². The van der Waals surface area contributed by atoms with Crippen LogP contribution in [0.5, 0.6) is 11.6 Å². The highest BCUT2D eigenvalue weighted by Crippen LogP contribution is 2.33. The van der Waals surface area contributed by atoms with Gasteiger partial charge >= 0.3 is 12.2 Å². The Morgan fingerprint density at radius 2 is 2.00 bits per heavy atom. The van der Waals surface area contributed by atoms with Crippen molar-refractivity contribution in [2.75, 3.05) is 5.32 Å². The molecular formula is C13H9ClF3N3O2. The molecule has 0 unspecified atom stereocenters. The third-order valence-electron chi connectivity index (χ3n) is 2.48. The van der Waals surface area contributed by atoms with Crippen molar-refractivity contribution in [2.45, 2.75) is 6.18 Å². The lowest BCUT2D eigenvalue weighted by Gasteiger charge is -2.10. The Kier molecular flexibility index (Phi) is 4.41. The number of rotatable bonds is 3. The summed E-state index contributed by atoms with van der Waals surface area (Å²) in [5.74, 6) is 0.120. The van der Waals surface area contributed by atoms with E-state index >= 15 is 0 Å². The molecule has 0 aliphatic rings. The zero-order chi connectivity index (χ0) is 16.3. The zero-order valence-corrected chi connectivity index (χ0v) is 11.6. The van der Waals surface area contributed by atoms with E-state index in [1.54, 1.807) is 0 Å². The molecule has 0 saturated heterocycles. The molecular weight excluding hydrogens is 323 g/mol. The molecule has 2 amide bonds. The molecule has 2 rings (SSSR count). The number of ether oxygens (including phenoxy) is 1. The molecule has 1 heterocycles. The quantitative estimate of drug-likeness (QED) is 0.891. The number of amides is 2. The molecule has 0 atom stereocenters. The second kappa shape index (κ2) is 6.10. The largest absolute Gasteiger partial charge is 0.437 e. The van der Waals surface area contributed by atoms with Crippen LogP contribution in [0.15, 0.2) is 36.5 Å². The summed E-state index contributed by atoms with van der Waals surface area (Å²) in [6.07, 6.45) is -3.81. The molecule has 1 aromatic carbocycles. The molecule has 2 aromatic rings. The number of nitrogens with one attached hydrogen (secondary N) is 1. The average molecular weight is 332 g/mol. The number of aromatic nitrogens is 1. The minimum Gasteiger partial charge on any atom is -0.437 e. The summed E-state index contributed by atoms with van der Waals surface area (Å²) in [5, 5.41) is 2.45. The van der Waals surface area contributed by atoms with Crippen molar-refractivity contribution in [3.05, 3.63) is 47.1 Å². The lowest BCUT2D eigenvalue weighted by Crippen LogP contribution is -2.19. The van der Waals surface area contributed by atoms with E-state index in [1.807, 2.05) is 0 Å². The minimum atomic E-state index is -4.47. The van der Waals surface area contributed by atoms with Gasteiger partial charge in [-0.2, -0.15) is 13.2 Å². The SMILES string of the molecule is NC(=O)Nc1ccc(Oc2ccc(C(F)(F)F)cn2)c(Cl)c1. The number of hydrogen-bond acceptors (Lipinski definition) is 3. The van der Waals surface area contributed by atoms with Crippen molar-refractivity contribution < 1.29 is 22.7 Å². The highest BCUT2D eigenvalue weighted by Gasteiger charge is 2.30. The fourth-order valence-electron chi connectivity index (χ4n) is 1.52. The minimum absolute atomic E-state index is 0.0505. The highest BCUT2D eigenvalue weighted by molar-refractivity contribution is 6.32. The number of nitrogens with two attached hydrogens (primary N) is 1. The predicted octanol–water partition coefficient (Wildman–Crippen LogP) is 4.04. The van der Waals surface area contributed by atoms with E-state index in [9.17, 15) is 18.0 Å². The zero-order valence-electron chi connectivity index (χ0n) is 10.8. The van der Waals surface area contributed by atoms with Crippen molar-refractivity contribution in [1.29, 1.82) is 0 Å². The lowest BCUT2D eigenvalue weighted by atomic mass is 10.3. The number of benzene rings is 1. The summed E-state index contributed by atoms with van der Waals surface area (Å²) in [5.41, 5.74) is 4.43. The maximum Gasteiger partial charge on any atom is 0.417 e. The van der Waals surface area contributed by atoms with Gasteiger partial charge in [0.25, 0.3) is 0 Å². The molecule has 0 fully saturated rings. The fraction of sp³-hybridized carbons (Fsp3) is 0.0769. The van der Waals surface area contributed by atoms with Crippen LogP contribution in [0.4, 0.5) is 23.7 Å². The van der Waals surface area contributed by atoms with Crippen LogP contribution in [0.2, 0.25) is 5.02 Å². The van der Waals surface area contributed by atoms with Gasteiger partial charge in [-0.05, 0) is 24.3 Å². The molecule has 3 N–H and O–H groups in total. The van der Waals surface area contributed by atoms with E-state index < -0.39 is 17.8 Å². The van der Waals surface area contributed by atoms with Gasteiger partial charge in [-0.3, -0.25) is 0 Å². The number of anilines is 1. The van der Waals surface area contributed by atoms with Gasteiger partial charge in [0.15, 0.2) is 0 Å². The first-order chi connectivity index (χ1) is 10.3. The second-order valence-electron chi connectivity index (χ2n) is 4.12. The Labute approximate surface area is 127 Å². The van der Waals surface area contributed by atoms with Gasteiger partial charge in [-0.25, -0.2) is 9.78 Å². The Morgan fingerprint density at radius 1 is 1.27 bits per heavy atom. The smallest absolute Gasteiger partial charge is 0.417 e. The first-order valence-electron chi connectivity index (χ1n) is 5.83. The van der Waals surface area contributed by atoms with Gasteiger partial charge in [0.1, 0.15) is 5.75 Å². The maximum atomic E-state index is 12.4. The third kappa shape index (κ3) is 4.01. The average Bonchev–Trinajstić information content (AvgIpc) is 2.41. The monoisotopic (exact) mass is 331 g/mol. The van der Waals surface area contributed by atoms with Gasteiger partial charge in [-0.15, -0.1) is 0 Å². The Morgan fingerprint density at radius 3 is 2.50 bits per heavy atom. The highest BCUT2D eigenvalue weighted by atomic mass is 35.5. The van der Waals surface area contributed by atoms with Crippen molar-refractivity contribution in [1.82, 2.24) is 4.98 Å². The van der Waals surface area contributed by atoms with E-state index in [4.69, 9.17) is 22.1 Å². The summed E-state index contributed by atoms with van der Waals surface area (Å²) in [6, 6.07) is 5.44. The van der Waals surface area contributed by atoms with E-state index in [0.717, 1.165) is 12.1 Å². The van der Waals surface area contributed by atoms with E-state index in [1.165, 1.54) is 18.2 Å². The standard InChI is InChI=1S/C13H9ClF3N3O2/c14-9-5-8(20-12(18)21)2-3-10(9)22-11-4-1-7(6-19-11)13(15,16)17/h1-6H,(H3,18,20,21).